The maximum atomic E-state index is 8.78. The summed E-state index contributed by atoms with van der Waals surface area (Å²) >= 11 is 0. The van der Waals surface area contributed by atoms with Crippen LogP contribution in [0.4, 0.5) is 0 Å². The summed E-state index contributed by atoms with van der Waals surface area (Å²) in [5.74, 6) is 1.39. The van der Waals surface area contributed by atoms with Crippen LogP contribution in [0.2, 0.25) is 0 Å². The molecule has 0 aliphatic rings. The van der Waals surface area contributed by atoms with Gasteiger partial charge in [0.1, 0.15) is 6.61 Å². The van der Waals surface area contributed by atoms with Crippen LogP contribution in [0.5, 0.6) is 11.5 Å². The molecule has 0 radical (unpaired) electrons. The first-order valence-corrected chi connectivity index (χ1v) is 6.45. The lowest BCUT2D eigenvalue weighted by Gasteiger charge is -2.11. The zero-order valence-electron chi connectivity index (χ0n) is 11.5. The summed E-state index contributed by atoms with van der Waals surface area (Å²) in [5, 5.41) is 8.78. The Bertz CT molecular complexity index is 562. The fourth-order valence-corrected chi connectivity index (χ4v) is 1.83. The highest BCUT2D eigenvalue weighted by atomic mass is 16.5. The third kappa shape index (κ3) is 3.87. The minimum absolute atomic E-state index is 0.0224. The average molecular weight is 273 g/mol. The van der Waals surface area contributed by atoms with Crippen LogP contribution in [0.15, 0.2) is 54.6 Å². The van der Waals surface area contributed by atoms with E-state index >= 15 is 0 Å². The van der Waals surface area contributed by atoms with Crippen molar-refractivity contribution in [1.29, 1.82) is 0 Å². The van der Waals surface area contributed by atoms with Gasteiger partial charge in [-0.15, -0.1) is 0 Å². The maximum absolute atomic E-state index is 8.78. The summed E-state index contributed by atoms with van der Waals surface area (Å²) in [7, 11) is 1.62. The number of rotatable bonds is 6. The third-order valence-electron chi connectivity index (χ3n) is 2.84. The van der Waals surface area contributed by atoms with Gasteiger partial charge >= 0.3 is 0 Å². The van der Waals surface area contributed by atoms with Gasteiger partial charge in [0.25, 0.3) is 0 Å². The molecule has 0 atom stereocenters. The molecular weight excluding hydrogens is 255 g/mol. The van der Waals surface area contributed by atoms with E-state index in [0.717, 1.165) is 11.1 Å². The van der Waals surface area contributed by atoms with Gasteiger partial charge in [0.15, 0.2) is 11.5 Å². The maximum Gasteiger partial charge on any atom is 0.161 e. The molecule has 0 aliphatic heterocycles. The monoisotopic (exact) mass is 273 g/mol. The summed E-state index contributed by atoms with van der Waals surface area (Å²) in [6, 6.07) is 15.7. The smallest absolute Gasteiger partial charge is 0.161 e. The SMILES string of the molecule is COc1cc(/[13CH]=[13CH]/[13CH2]O)ccc1OCc1ccccc1. The summed E-state index contributed by atoms with van der Waals surface area (Å²) < 4.78 is 11.1. The van der Waals surface area contributed by atoms with E-state index < -0.39 is 0 Å². The van der Waals surface area contributed by atoms with Crippen molar-refractivity contribution in [2.24, 2.45) is 0 Å². The Morgan fingerprint density at radius 1 is 1.05 bits per heavy atom. The first-order valence-electron chi connectivity index (χ1n) is 6.45. The molecule has 0 fully saturated rings. The Morgan fingerprint density at radius 2 is 1.85 bits per heavy atom. The van der Waals surface area contributed by atoms with Crippen LogP contribution in [0, 0.1) is 0 Å². The zero-order valence-corrected chi connectivity index (χ0v) is 11.5. The Kier molecular flexibility index (Phi) is 5.21. The molecule has 0 amide bonds. The van der Waals surface area contributed by atoms with Crippen molar-refractivity contribution in [1.82, 2.24) is 0 Å². The van der Waals surface area contributed by atoms with E-state index in [1.165, 1.54) is 0 Å². The minimum Gasteiger partial charge on any atom is -0.493 e. The minimum atomic E-state index is 0.0224. The van der Waals surface area contributed by atoms with Gasteiger partial charge in [0.2, 0.25) is 0 Å². The molecule has 20 heavy (non-hydrogen) atoms. The van der Waals surface area contributed by atoms with E-state index in [1.54, 1.807) is 13.2 Å². The normalized spacial score (nSPS) is 10.7. The largest absolute Gasteiger partial charge is 0.493 e. The summed E-state index contributed by atoms with van der Waals surface area (Å²) in [6.45, 7) is 0.525. The van der Waals surface area contributed by atoms with Gasteiger partial charge in [-0.3, -0.25) is 0 Å². The van der Waals surface area contributed by atoms with Gasteiger partial charge in [-0.2, -0.15) is 0 Å². The molecule has 104 valence electrons. The first-order chi connectivity index (χ1) is 9.83. The molecule has 0 aliphatic carbocycles. The lowest BCUT2D eigenvalue weighted by atomic mass is 10.2. The van der Waals surface area contributed by atoms with E-state index in [2.05, 4.69) is 0 Å². The highest BCUT2D eigenvalue weighted by Gasteiger charge is 2.05. The molecular formula is C17H18O3. The molecule has 0 heterocycles. The van der Waals surface area contributed by atoms with Crippen LogP contribution in [-0.2, 0) is 6.61 Å². The average Bonchev–Trinajstić information content (AvgIpc) is 2.52. The number of hydrogen-bond donors (Lipinski definition) is 1. The van der Waals surface area contributed by atoms with E-state index in [0.29, 0.717) is 18.1 Å². The van der Waals surface area contributed by atoms with Crippen LogP contribution in [0.1, 0.15) is 11.1 Å². The second kappa shape index (κ2) is 7.36. The molecule has 2 rings (SSSR count). The van der Waals surface area contributed by atoms with Crippen molar-refractivity contribution in [3.63, 3.8) is 0 Å². The lowest BCUT2D eigenvalue weighted by Crippen LogP contribution is -1.97. The second-order valence-corrected chi connectivity index (χ2v) is 4.27. The van der Waals surface area contributed by atoms with E-state index in [9.17, 15) is 0 Å². The van der Waals surface area contributed by atoms with Crippen LogP contribution in [-0.4, -0.2) is 18.8 Å². The van der Waals surface area contributed by atoms with Crippen molar-refractivity contribution >= 4 is 6.08 Å². The van der Waals surface area contributed by atoms with Crippen molar-refractivity contribution in [3.05, 3.63) is 65.7 Å². The predicted octanol–water partition coefficient (Wildman–Crippen LogP) is 3.28. The molecule has 0 saturated heterocycles. The Hall–Kier alpha value is -2.26. The molecule has 3 nitrogen and oxygen atoms in total. The number of methoxy groups -OCH3 is 1. The quantitative estimate of drug-likeness (QED) is 0.821. The van der Waals surface area contributed by atoms with Gasteiger partial charge in [0.05, 0.1) is 13.7 Å². The molecule has 0 saturated carbocycles. The lowest BCUT2D eigenvalue weighted by molar-refractivity contribution is 0.284. The molecule has 0 spiro atoms. The van der Waals surface area contributed by atoms with Crippen molar-refractivity contribution in [2.75, 3.05) is 13.7 Å². The van der Waals surface area contributed by atoms with Gasteiger partial charge in [0, 0.05) is 0 Å². The third-order valence-corrected chi connectivity index (χ3v) is 2.84. The highest BCUT2D eigenvalue weighted by Crippen LogP contribution is 2.29. The standard InChI is InChI=1S/C17H18O3/c1-19-17-12-14(8-5-11-18)9-10-16(17)20-13-15-6-3-2-4-7-15/h2-10,12,18H,11,13H2,1H3/b8-5+/i5+1,8+1,11+1. The van der Waals surface area contributed by atoms with E-state index in [4.69, 9.17) is 14.6 Å². The van der Waals surface area contributed by atoms with Gasteiger partial charge in [-0.05, 0) is 23.3 Å². The number of aliphatic hydroxyl groups excluding tert-OH is 1. The zero-order chi connectivity index (χ0) is 14.2. The molecule has 0 bridgehead atoms. The fourth-order valence-electron chi connectivity index (χ4n) is 1.83. The van der Waals surface area contributed by atoms with Gasteiger partial charge < -0.3 is 14.6 Å². The molecule has 0 aromatic heterocycles. The van der Waals surface area contributed by atoms with Crippen LogP contribution in [0.3, 0.4) is 0 Å². The Labute approximate surface area is 119 Å². The number of hydrogen-bond acceptors (Lipinski definition) is 3. The summed E-state index contributed by atoms with van der Waals surface area (Å²) in [6.07, 6.45) is 3.52. The van der Waals surface area contributed by atoms with Crippen LogP contribution >= 0.6 is 0 Å². The molecule has 3 heteroatoms. The summed E-state index contributed by atoms with van der Waals surface area (Å²) in [5.41, 5.74) is 2.07. The van der Waals surface area contributed by atoms with Gasteiger partial charge in [-0.1, -0.05) is 48.6 Å². The van der Waals surface area contributed by atoms with Gasteiger partial charge in [-0.25, -0.2) is 0 Å². The number of aliphatic hydroxyl groups is 1. The highest BCUT2D eigenvalue weighted by molar-refractivity contribution is 5.55. The topological polar surface area (TPSA) is 38.7 Å². The van der Waals surface area contributed by atoms with Crippen molar-refractivity contribution < 1.29 is 14.6 Å². The van der Waals surface area contributed by atoms with Crippen LogP contribution in [0.25, 0.3) is 6.08 Å². The van der Waals surface area contributed by atoms with E-state index in [1.807, 2.05) is 54.6 Å². The number of ether oxygens (including phenoxy) is 2. The number of benzene rings is 2. The molecule has 2 aromatic carbocycles. The predicted molar refractivity (Wildman–Crippen MR) is 79.9 cm³/mol. The Morgan fingerprint density at radius 3 is 2.55 bits per heavy atom. The van der Waals surface area contributed by atoms with E-state index in [-0.39, 0.29) is 6.61 Å². The second-order valence-electron chi connectivity index (χ2n) is 4.27. The molecule has 2 aromatic rings. The molecule has 0 unspecified atom stereocenters. The fraction of sp³-hybridized carbons (Fsp3) is 0.176. The van der Waals surface area contributed by atoms with Crippen LogP contribution < -0.4 is 9.47 Å². The Balaban J connectivity index is 2.09. The van der Waals surface area contributed by atoms with Crippen molar-refractivity contribution in [3.8, 4) is 11.5 Å². The van der Waals surface area contributed by atoms with Crippen molar-refractivity contribution in [2.45, 2.75) is 6.61 Å². The summed E-state index contributed by atoms with van der Waals surface area (Å²) in [4.78, 5) is 0. The molecule has 1 N–H and O–H groups in total. The first kappa shape index (κ1) is 14.2.